The van der Waals surface area contributed by atoms with Crippen LogP contribution in [0.5, 0.6) is 0 Å². The second kappa shape index (κ2) is 6.19. The van der Waals surface area contributed by atoms with Crippen molar-refractivity contribution in [2.75, 3.05) is 5.75 Å². The maximum absolute atomic E-state index is 13.9. The lowest BCUT2D eigenvalue weighted by atomic mass is 10.3. The molecule has 0 radical (unpaired) electrons. The van der Waals surface area contributed by atoms with Gasteiger partial charge in [-0.3, -0.25) is 14.2 Å². The summed E-state index contributed by atoms with van der Waals surface area (Å²) in [6, 6.07) is 5.51. The fourth-order valence-corrected chi connectivity index (χ4v) is 2.52. The fourth-order valence-electron chi connectivity index (χ4n) is 1.47. The van der Waals surface area contributed by atoms with E-state index in [1.807, 2.05) is 0 Å². The molecule has 0 unspecified atom stereocenters. The summed E-state index contributed by atoms with van der Waals surface area (Å²) in [6.45, 7) is 0. The monoisotopic (exact) mass is 358 g/mol. The summed E-state index contributed by atoms with van der Waals surface area (Å²) >= 11 is 4.08. The Labute approximate surface area is 125 Å². The molecule has 0 aliphatic rings. The van der Waals surface area contributed by atoms with Crippen molar-refractivity contribution < 1.29 is 14.3 Å². The first-order chi connectivity index (χ1) is 9.47. The standard InChI is InChI=1S/C12H8BrFN2O3S/c13-7-1-2-8(14)9(5-7)16-4-3-10(17)15-12(16)20-6-11(18)19/h1-5H,6H2,(H,18,19). The van der Waals surface area contributed by atoms with E-state index >= 15 is 0 Å². The van der Waals surface area contributed by atoms with Crippen molar-refractivity contribution in [1.82, 2.24) is 9.55 Å². The predicted molar refractivity (Wildman–Crippen MR) is 75.9 cm³/mol. The van der Waals surface area contributed by atoms with Gasteiger partial charge in [0, 0.05) is 16.7 Å². The van der Waals surface area contributed by atoms with Crippen LogP contribution in [0.25, 0.3) is 5.69 Å². The quantitative estimate of drug-likeness (QED) is 0.670. The molecule has 1 aromatic carbocycles. The van der Waals surface area contributed by atoms with Gasteiger partial charge >= 0.3 is 5.97 Å². The Balaban J connectivity index is 2.52. The first-order valence-corrected chi connectivity index (χ1v) is 7.15. The number of aliphatic carboxylic acids is 1. The van der Waals surface area contributed by atoms with Crippen LogP contribution in [0.3, 0.4) is 0 Å². The minimum Gasteiger partial charge on any atom is -0.481 e. The Morgan fingerprint density at radius 1 is 1.45 bits per heavy atom. The molecule has 1 heterocycles. The maximum Gasteiger partial charge on any atom is 0.313 e. The van der Waals surface area contributed by atoms with E-state index in [9.17, 15) is 14.0 Å². The molecule has 1 aromatic heterocycles. The van der Waals surface area contributed by atoms with Gasteiger partial charge in [-0.05, 0) is 18.2 Å². The topological polar surface area (TPSA) is 72.2 Å². The van der Waals surface area contributed by atoms with Gasteiger partial charge in [0.1, 0.15) is 5.82 Å². The molecule has 104 valence electrons. The normalized spacial score (nSPS) is 10.5. The van der Waals surface area contributed by atoms with Crippen LogP contribution in [0.4, 0.5) is 4.39 Å². The predicted octanol–water partition coefficient (Wildman–Crippen LogP) is 2.31. The number of carboxylic acids is 1. The highest BCUT2D eigenvalue weighted by Gasteiger charge is 2.12. The molecule has 2 aromatic rings. The van der Waals surface area contributed by atoms with Crippen molar-refractivity contribution in [3.63, 3.8) is 0 Å². The van der Waals surface area contributed by atoms with Crippen LogP contribution >= 0.6 is 27.7 Å². The van der Waals surface area contributed by atoms with E-state index < -0.39 is 17.3 Å². The molecule has 0 bridgehead atoms. The van der Waals surface area contributed by atoms with Crippen LogP contribution in [0.15, 0.2) is 44.9 Å². The van der Waals surface area contributed by atoms with Crippen molar-refractivity contribution in [2.45, 2.75) is 5.16 Å². The Bertz CT molecular complexity index is 720. The van der Waals surface area contributed by atoms with Gasteiger partial charge in [-0.1, -0.05) is 27.7 Å². The van der Waals surface area contributed by atoms with Crippen molar-refractivity contribution in [3.8, 4) is 5.69 Å². The third kappa shape index (κ3) is 3.45. The number of hydrogen-bond acceptors (Lipinski definition) is 4. The van der Waals surface area contributed by atoms with Crippen LogP contribution in [0.2, 0.25) is 0 Å². The van der Waals surface area contributed by atoms with E-state index in [-0.39, 0.29) is 16.6 Å². The fraction of sp³-hybridized carbons (Fsp3) is 0.0833. The number of benzene rings is 1. The Kier molecular flexibility index (Phi) is 4.56. The lowest BCUT2D eigenvalue weighted by molar-refractivity contribution is -0.133. The molecular weight excluding hydrogens is 351 g/mol. The Morgan fingerprint density at radius 3 is 2.90 bits per heavy atom. The molecule has 0 fully saturated rings. The number of nitrogens with zero attached hydrogens (tertiary/aromatic N) is 2. The van der Waals surface area contributed by atoms with Gasteiger partial charge in [-0.2, -0.15) is 4.98 Å². The van der Waals surface area contributed by atoms with Gasteiger partial charge in [0.2, 0.25) is 0 Å². The molecule has 0 atom stereocenters. The van der Waals surface area contributed by atoms with E-state index in [1.165, 1.54) is 29.0 Å². The minimum atomic E-state index is -1.05. The van der Waals surface area contributed by atoms with Crippen molar-refractivity contribution >= 4 is 33.7 Å². The smallest absolute Gasteiger partial charge is 0.313 e. The zero-order valence-electron chi connectivity index (χ0n) is 9.92. The number of hydrogen-bond donors (Lipinski definition) is 1. The van der Waals surface area contributed by atoms with Gasteiger partial charge in [0.25, 0.3) is 5.56 Å². The van der Waals surface area contributed by atoms with Crippen LogP contribution in [-0.4, -0.2) is 26.4 Å². The lowest BCUT2D eigenvalue weighted by Gasteiger charge is -2.12. The highest BCUT2D eigenvalue weighted by atomic mass is 79.9. The SMILES string of the molecule is O=C(O)CSc1nc(=O)ccn1-c1cc(Br)ccc1F. The molecule has 2 rings (SSSR count). The first-order valence-electron chi connectivity index (χ1n) is 5.37. The van der Waals surface area contributed by atoms with Gasteiger partial charge in [0.15, 0.2) is 5.16 Å². The van der Waals surface area contributed by atoms with Gasteiger partial charge in [-0.15, -0.1) is 0 Å². The number of aromatic nitrogens is 2. The average molecular weight is 359 g/mol. The molecule has 20 heavy (non-hydrogen) atoms. The molecule has 5 nitrogen and oxygen atoms in total. The molecule has 0 amide bonds. The second-order valence-corrected chi connectivity index (χ2v) is 5.55. The number of carbonyl (C=O) groups is 1. The van der Waals surface area contributed by atoms with Crippen LogP contribution in [0.1, 0.15) is 0 Å². The van der Waals surface area contributed by atoms with Crippen molar-refractivity contribution in [2.24, 2.45) is 0 Å². The summed E-state index contributed by atoms with van der Waals surface area (Å²) in [5, 5.41) is 8.81. The zero-order chi connectivity index (χ0) is 14.7. The average Bonchev–Trinajstić information content (AvgIpc) is 2.39. The maximum atomic E-state index is 13.9. The van der Waals surface area contributed by atoms with E-state index in [2.05, 4.69) is 20.9 Å². The summed E-state index contributed by atoms with van der Waals surface area (Å²) in [5.41, 5.74) is -0.329. The summed E-state index contributed by atoms with van der Waals surface area (Å²) in [7, 11) is 0. The lowest BCUT2D eigenvalue weighted by Crippen LogP contribution is -2.14. The van der Waals surface area contributed by atoms with Crippen LogP contribution in [0, 0.1) is 5.82 Å². The molecule has 0 aliphatic carbocycles. The zero-order valence-corrected chi connectivity index (χ0v) is 12.3. The van der Waals surface area contributed by atoms with E-state index in [0.29, 0.717) is 4.47 Å². The number of thioether (sulfide) groups is 1. The minimum absolute atomic E-state index is 0.122. The van der Waals surface area contributed by atoms with Crippen molar-refractivity contribution in [1.29, 1.82) is 0 Å². The van der Waals surface area contributed by atoms with E-state index in [0.717, 1.165) is 11.8 Å². The van der Waals surface area contributed by atoms with E-state index in [4.69, 9.17) is 5.11 Å². The van der Waals surface area contributed by atoms with E-state index in [1.54, 1.807) is 6.07 Å². The highest BCUT2D eigenvalue weighted by molar-refractivity contribution is 9.10. The summed E-state index contributed by atoms with van der Waals surface area (Å²) in [4.78, 5) is 25.6. The Hall–Kier alpha value is -1.67. The number of halogens is 2. The third-order valence-corrected chi connectivity index (χ3v) is 3.70. The summed E-state index contributed by atoms with van der Waals surface area (Å²) in [6.07, 6.45) is 1.37. The molecule has 0 saturated heterocycles. The van der Waals surface area contributed by atoms with Gasteiger partial charge in [-0.25, -0.2) is 4.39 Å². The molecular formula is C12H8BrFN2O3S. The highest BCUT2D eigenvalue weighted by Crippen LogP contribution is 2.23. The molecule has 1 N–H and O–H groups in total. The van der Waals surface area contributed by atoms with Crippen LogP contribution < -0.4 is 5.56 Å². The number of rotatable bonds is 4. The Morgan fingerprint density at radius 2 is 2.20 bits per heavy atom. The molecule has 0 spiro atoms. The molecule has 8 heteroatoms. The van der Waals surface area contributed by atoms with Crippen LogP contribution in [-0.2, 0) is 4.79 Å². The third-order valence-electron chi connectivity index (χ3n) is 2.27. The van der Waals surface area contributed by atoms with Crippen molar-refractivity contribution in [3.05, 3.63) is 51.1 Å². The number of carboxylic acid groups (broad SMARTS) is 1. The molecule has 0 aliphatic heterocycles. The summed E-state index contributed by atoms with van der Waals surface area (Å²) in [5.74, 6) is -1.82. The second-order valence-electron chi connectivity index (χ2n) is 3.70. The van der Waals surface area contributed by atoms with Gasteiger partial charge < -0.3 is 5.11 Å². The summed E-state index contributed by atoms with van der Waals surface area (Å²) < 4.78 is 15.9. The van der Waals surface area contributed by atoms with Gasteiger partial charge in [0.05, 0.1) is 11.4 Å². The largest absolute Gasteiger partial charge is 0.481 e. The molecule has 0 saturated carbocycles. The first kappa shape index (κ1) is 14.7.